The summed E-state index contributed by atoms with van der Waals surface area (Å²) in [7, 11) is 0. The predicted octanol–water partition coefficient (Wildman–Crippen LogP) is 1.35. The van der Waals surface area contributed by atoms with Crippen molar-refractivity contribution in [1.82, 2.24) is 10.3 Å². The summed E-state index contributed by atoms with van der Waals surface area (Å²) in [5.74, 6) is -0.234. The third-order valence-electron chi connectivity index (χ3n) is 1.75. The zero-order chi connectivity index (χ0) is 10.1. The molecule has 1 fully saturated rings. The lowest BCUT2D eigenvalue weighted by Crippen LogP contribution is -2.49. The molecule has 0 saturated carbocycles. The fraction of sp³-hybridized carbons (Fsp3) is 0.286. The fourth-order valence-corrected chi connectivity index (χ4v) is 2.32. The van der Waals surface area contributed by atoms with Crippen LogP contribution in [-0.4, -0.2) is 23.5 Å². The van der Waals surface area contributed by atoms with Crippen LogP contribution < -0.4 is 10.2 Å². The molecule has 1 aromatic rings. The van der Waals surface area contributed by atoms with Crippen LogP contribution in [0.3, 0.4) is 0 Å². The lowest BCUT2D eigenvalue weighted by atomic mass is 10.3. The van der Waals surface area contributed by atoms with Crippen LogP contribution >= 0.6 is 27.3 Å². The van der Waals surface area contributed by atoms with Crippen molar-refractivity contribution in [1.29, 1.82) is 0 Å². The number of aromatic nitrogens is 1. The molecule has 0 radical (unpaired) electrons. The average molecular weight is 276 g/mol. The summed E-state index contributed by atoms with van der Waals surface area (Å²) in [6, 6.07) is -0.400. The highest BCUT2D eigenvalue weighted by molar-refractivity contribution is 9.11. The third kappa shape index (κ3) is 1.78. The minimum absolute atomic E-state index is 0.234. The molecule has 1 aromatic heterocycles. The van der Waals surface area contributed by atoms with Crippen molar-refractivity contribution < 1.29 is 9.59 Å². The molecule has 7 heteroatoms. The number of anilines is 1. The van der Waals surface area contributed by atoms with E-state index >= 15 is 0 Å². The van der Waals surface area contributed by atoms with Crippen molar-refractivity contribution in [2.45, 2.75) is 6.42 Å². The normalized spacial score (nSPS) is 17.1. The number of nitrogens with one attached hydrogen (secondary N) is 1. The van der Waals surface area contributed by atoms with Crippen molar-refractivity contribution in [3.8, 4) is 0 Å². The Balaban J connectivity index is 2.19. The first-order chi connectivity index (χ1) is 6.66. The first-order valence-corrected chi connectivity index (χ1v) is 5.50. The molecule has 2 heterocycles. The maximum atomic E-state index is 11.4. The highest BCUT2D eigenvalue weighted by Gasteiger charge is 2.25. The second-order valence-corrected chi connectivity index (χ2v) is 5.09. The SMILES string of the molecule is O=C1CCN(c2ncc(Br)s2)C(=O)N1. The maximum absolute atomic E-state index is 11.4. The Labute approximate surface area is 92.2 Å². The number of carbonyl (C=O) groups is 2. The van der Waals surface area contributed by atoms with Gasteiger partial charge in [0.25, 0.3) is 0 Å². The van der Waals surface area contributed by atoms with E-state index in [1.807, 2.05) is 0 Å². The van der Waals surface area contributed by atoms with Crippen LogP contribution in [0.4, 0.5) is 9.93 Å². The number of thiazole rings is 1. The maximum Gasteiger partial charge on any atom is 0.330 e. The highest BCUT2D eigenvalue weighted by atomic mass is 79.9. The summed E-state index contributed by atoms with van der Waals surface area (Å²) >= 11 is 4.62. The van der Waals surface area contributed by atoms with E-state index in [2.05, 4.69) is 26.2 Å². The number of hydrogen-bond acceptors (Lipinski definition) is 4. The van der Waals surface area contributed by atoms with E-state index in [0.29, 0.717) is 18.1 Å². The van der Waals surface area contributed by atoms with Crippen LogP contribution in [0, 0.1) is 0 Å². The van der Waals surface area contributed by atoms with Gasteiger partial charge in [0, 0.05) is 13.0 Å². The Morgan fingerprint density at radius 3 is 2.93 bits per heavy atom. The zero-order valence-corrected chi connectivity index (χ0v) is 9.39. The molecule has 3 amide bonds. The Hall–Kier alpha value is -0.950. The zero-order valence-electron chi connectivity index (χ0n) is 6.99. The van der Waals surface area contributed by atoms with Crippen molar-refractivity contribution >= 4 is 44.3 Å². The number of rotatable bonds is 1. The van der Waals surface area contributed by atoms with E-state index in [0.717, 1.165) is 3.79 Å². The van der Waals surface area contributed by atoms with Gasteiger partial charge >= 0.3 is 6.03 Å². The summed E-state index contributed by atoms with van der Waals surface area (Å²) in [5.41, 5.74) is 0. The standard InChI is InChI=1S/C7H6BrN3O2S/c8-4-3-9-7(14-4)11-2-1-5(12)10-6(11)13/h3H,1-2H2,(H,10,12,13). The van der Waals surface area contributed by atoms with E-state index in [9.17, 15) is 9.59 Å². The van der Waals surface area contributed by atoms with Crippen LogP contribution in [0.2, 0.25) is 0 Å². The lowest BCUT2D eigenvalue weighted by molar-refractivity contribution is -0.120. The molecule has 0 bridgehead atoms. The van der Waals surface area contributed by atoms with Gasteiger partial charge in [0.15, 0.2) is 5.13 Å². The molecule has 0 atom stereocenters. The second-order valence-electron chi connectivity index (χ2n) is 2.70. The molecule has 0 spiro atoms. The molecule has 0 aromatic carbocycles. The molecule has 0 unspecified atom stereocenters. The van der Waals surface area contributed by atoms with Crippen molar-refractivity contribution in [3.63, 3.8) is 0 Å². The minimum atomic E-state index is -0.400. The van der Waals surface area contributed by atoms with E-state index < -0.39 is 6.03 Å². The summed E-state index contributed by atoms with van der Waals surface area (Å²) in [4.78, 5) is 27.7. The Bertz CT molecular complexity index is 392. The fourth-order valence-electron chi connectivity index (χ4n) is 1.12. The molecule has 1 N–H and O–H groups in total. The smallest absolute Gasteiger partial charge is 0.278 e. The number of nitrogens with zero attached hydrogens (tertiary/aromatic N) is 2. The Kier molecular flexibility index (Phi) is 2.51. The largest absolute Gasteiger partial charge is 0.330 e. The monoisotopic (exact) mass is 275 g/mol. The van der Waals surface area contributed by atoms with Crippen LogP contribution in [0.5, 0.6) is 0 Å². The minimum Gasteiger partial charge on any atom is -0.278 e. The van der Waals surface area contributed by atoms with E-state index in [4.69, 9.17) is 0 Å². The van der Waals surface area contributed by atoms with Gasteiger partial charge in [-0.2, -0.15) is 0 Å². The molecular formula is C7H6BrN3O2S. The van der Waals surface area contributed by atoms with Crippen LogP contribution in [-0.2, 0) is 4.79 Å². The van der Waals surface area contributed by atoms with Gasteiger partial charge in [-0.1, -0.05) is 11.3 Å². The van der Waals surface area contributed by atoms with E-state index in [1.54, 1.807) is 6.20 Å². The summed E-state index contributed by atoms with van der Waals surface area (Å²) < 4.78 is 0.859. The van der Waals surface area contributed by atoms with Crippen molar-refractivity contribution in [3.05, 3.63) is 9.98 Å². The lowest BCUT2D eigenvalue weighted by Gasteiger charge is -2.23. The van der Waals surface area contributed by atoms with Crippen molar-refractivity contribution in [2.24, 2.45) is 0 Å². The van der Waals surface area contributed by atoms with Gasteiger partial charge < -0.3 is 0 Å². The highest BCUT2D eigenvalue weighted by Crippen LogP contribution is 2.27. The molecule has 0 aliphatic carbocycles. The molecule has 1 saturated heterocycles. The topological polar surface area (TPSA) is 62.3 Å². The number of halogens is 1. The van der Waals surface area contributed by atoms with E-state index in [1.165, 1.54) is 16.2 Å². The van der Waals surface area contributed by atoms with Crippen LogP contribution in [0.1, 0.15) is 6.42 Å². The quantitative estimate of drug-likeness (QED) is 0.842. The first kappa shape index (κ1) is 9.60. The van der Waals surface area contributed by atoms with Gasteiger partial charge in [-0.15, -0.1) is 0 Å². The number of carbonyl (C=O) groups excluding carboxylic acids is 2. The summed E-state index contributed by atoms with van der Waals surface area (Å²) in [6.07, 6.45) is 1.95. The van der Waals surface area contributed by atoms with Gasteiger partial charge in [-0.05, 0) is 15.9 Å². The molecule has 1 aliphatic heterocycles. The number of urea groups is 1. The van der Waals surface area contributed by atoms with E-state index in [-0.39, 0.29) is 5.91 Å². The predicted molar refractivity (Wildman–Crippen MR) is 55.3 cm³/mol. The Morgan fingerprint density at radius 1 is 1.57 bits per heavy atom. The molecular weight excluding hydrogens is 270 g/mol. The van der Waals surface area contributed by atoms with Gasteiger partial charge in [0.2, 0.25) is 5.91 Å². The average Bonchev–Trinajstić information content (AvgIpc) is 2.51. The number of hydrogen-bond donors (Lipinski definition) is 1. The molecule has 14 heavy (non-hydrogen) atoms. The number of amides is 3. The second kappa shape index (κ2) is 3.66. The van der Waals surface area contributed by atoms with Crippen LogP contribution in [0.25, 0.3) is 0 Å². The Morgan fingerprint density at radius 2 is 2.36 bits per heavy atom. The van der Waals surface area contributed by atoms with Gasteiger partial charge in [0.1, 0.15) is 0 Å². The molecule has 2 rings (SSSR count). The molecule has 74 valence electrons. The van der Waals surface area contributed by atoms with Gasteiger partial charge in [-0.25, -0.2) is 9.78 Å². The van der Waals surface area contributed by atoms with Gasteiger partial charge in [0.05, 0.1) is 9.98 Å². The van der Waals surface area contributed by atoms with Gasteiger partial charge in [-0.3, -0.25) is 15.0 Å². The van der Waals surface area contributed by atoms with Crippen LogP contribution in [0.15, 0.2) is 9.98 Å². The third-order valence-corrected chi connectivity index (χ3v) is 3.25. The summed E-state index contributed by atoms with van der Waals surface area (Å²) in [5, 5.41) is 2.84. The number of imide groups is 1. The first-order valence-electron chi connectivity index (χ1n) is 3.89. The molecule has 1 aliphatic rings. The summed E-state index contributed by atoms with van der Waals surface area (Å²) in [6.45, 7) is 0.393. The molecule has 5 nitrogen and oxygen atoms in total. The van der Waals surface area contributed by atoms with Crippen molar-refractivity contribution in [2.75, 3.05) is 11.4 Å².